The lowest BCUT2D eigenvalue weighted by Gasteiger charge is -2.19. The summed E-state index contributed by atoms with van der Waals surface area (Å²) in [6.07, 6.45) is 2.00. The molecule has 0 spiro atoms. The normalized spacial score (nSPS) is 12.5. The third-order valence-electron chi connectivity index (χ3n) is 3.22. The first kappa shape index (κ1) is 17.8. The van der Waals surface area contributed by atoms with Gasteiger partial charge in [0.2, 0.25) is 0 Å². The van der Waals surface area contributed by atoms with Crippen LogP contribution in [0.2, 0.25) is 0 Å². The Balaban J connectivity index is 2.81. The summed E-state index contributed by atoms with van der Waals surface area (Å²) in [6.45, 7) is 13.3. The summed E-state index contributed by atoms with van der Waals surface area (Å²) in [7, 11) is 0. The minimum atomic E-state index is 0.316. The van der Waals surface area contributed by atoms with E-state index in [2.05, 4.69) is 52.1 Å². The van der Waals surface area contributed by atoms with Crippen LogP contribution in [0.25, 0.3) is 0 Å². The van der Waals surface area contributed by atoms with Gasteiger partial charge in [-0.05, 0) is 49.9 Å². The molecule has 120 valence electrons. The number of hydrogen-bond donors (Lipinski definition) is 1. The van der Waals surface area contributed by atoms with Crippen LogP contribution in [-0.4, -0.2) is 19.8 Å². The second-order valence-corrected chi connectivity index (χ2v) is 5.93. The van der Waals surface area contributed by atoms with Crippen LogP contribution in [0.15, 0.2) is 18.2 Å². The van der Waals surface area contributed by atoms with Gasteiger partial charge in [0.05, 0.1) is 13.2 Å². The average molecular weight is 293 g/mol. The summed E-state index contributed by atoms with van der Waals surface area (Å²) in [4.78, 5) is 0. The molecule has 0 radical (unpaired) electrons. The largest absolute Gasteiger partial charge is 0.490 e. The molecular formula is C18H31NO2. The molecule has 1 aromatic rings. The van der Waals surface area contributed by atoms with Crippen molar-refractivity contribution in [2.24, 2.45) is 5.92 Å². The maximum atomic E-state index is 5.85. The second-order valence-electron chi connectivity index (χ2n) is 5.93. The summed E-state index contributed by atoms with van der Waals surface area (Å²) in [5.74, 6) is 2.36. The molecule has 1 rings (SSSR count). The molecule has 0 fully saturated rings. The first-order chi connectivity index (χ1) is 10.1. The van der Waals surface area contributed by atoms with Gasteiger partial charge in [0.25, 0.3) is 0 Å². The Hall–Kier alpha value is -1.22. The standard InChI is InChI=1S/C18H31NO2/c1-6-10-20-17-9-8-16(12-18(17)21-11-7-2)15(5)19-13-14(3)4/h8-9,12,14-15,19H,6-7,10-11,13H2,1-5H3. The van der Waals surface area contributed by atoms with Gasteiger partial charge in [0.1, 0.15) is 0 Å². The zero-order valence-electron chi connectivity index (χ0n) is 14.2. The van der Waals surface area contributed by atoms with Crippen LogP contribution < -0.4 is 14.8 Å². The summed E-state index contributed by atoms with van der Waals surface area (Å²) in [6, 6.07) is 6.58. The van der Waals surface area contributed by atoms with Crippen molar-refractivity contribution >= 4 is 0 Å². The highest BCUT2D eigenvalue weighted by molar-refractivity contribution is 5.43. The van der Waals surface area contributed by atoms with Crippen molar-refractivity contribution in [3.8, 4) is 11.5 Å². The Bertz CT molecular complexity index is 404. The Kier molecular flexibility index (Phi) is 8.21. The fourth-order valence-corrected chi connectivity index (χ4v) is 1.98. The molecule has 0 bridgehead atoms. The van der Waals surface area contributed by atoms with Crippen molar-refractivity contribution < 1.29 is 9.47 Å². The van der Waals surface area contributed by atoms with E-state index in [1.807, 2.05) is 6.07 Å². The zero-order chi connectivity index (χ0) is 15.7. The van der Waals surface area contributed by atoms with Gasteiger partial charge >= 0.3 is 0 Å². The fraction of sp³-hybridized carbons (Fsp3) is 0.667. The van der Waals surface area contributed by atoms with Gasteiger partial charge in [-0.15, -0.1) is 0 Å². The molecule has 3 nitrogen and oxygen atoms in total. The van der Waals surface area contributed by atoms with E-state index < -0.39 is 0 Å². The highest BCUT2D eigenvalue weighted by atomic mass is 16.5. The second kappa shape index (κ2) is 9.67. The molecule has 0 saturated carbocycles. The molecular weight excluding hydrogens is 262 g/mol. The number of rotatable bonds is 10. The smallest absolute Gasteiger partial charge is 0.161 e. The van der Waals surface area contributed by atoms with Crippen molar-refractivity contribution in [3.63, 3.8) is 0 Å². The summed E-state index contributed by atoms with van der Waals surface area (Å²) >= 11 is 0. The van der Waals surface area contributed by atoms with Gasteiger partial charge < -0.3 is 14.8 Å². The third kappa shape index (κ3) is 6.38. The Labute approximate surface area is 130 Å². The van der Waals surface area contributed by atoms with Crippen molar-refractivity contribution in [3.05, 3.63) is 23.8 Å². The lowest BCUT2D eigenvalue weighted by Crippen LogP contribution is -2.23. The molecule has 0 saturated heterocycles. The van der Waals surface area contributed by atoms with E-state index in [0.717, 1.165) is 44.1 Å². The number of benzene rings is 1. The summed E-state index contributed by atoms with van der Waals surface area (Å²) in [5.41, 5.74) is 1.24. The van der Waals surface area contributed by atoms with E-state index >= 15 is 0 Å². The van der Waals surface area contributed by atoms with Gasteiger partial charge in [-0.3, -0.25) is 0 Å². The Morgan fingerprint density at radius 3 is 2.14 bits per heavy atom. The van der Waals surface area contributed by atoms with E-state index in [4.69, 9.17) is 9.47 Å². The first-order valence-corrected chi connectivity index (χ1v) is 8.21. The minimum Gasteiger partial charge on any atom is -0.490 e. The van der Waals surface area contributed by atoms with E-state index in [9.17, 15) is 0 Å². The van der Waals surface area contributed by atoms with Crippen molar-refractivity contribution in [2.45, 2.75) is 53.5 Å². The van der Waals surface area contributed by atoms with Crippen LogP contribution in [-0.2, 0) is 0 Å². The summed E-state index contributed by atoms with van der Waals surface area (Å²) in [5, 5.41) is 3.55. The molecule has 3 heteroatoms. The lowest BCUT2D eigenvalue weighted by atomic mass is 10.1. The number of ether oxygens (including phenoxy) is 2. The van der Waals surface area contributed by atoms with Crippen molar-refractivity contribution in [2.75, 3.05) is 19.8 Å². The molecule has 0 aromatic heterocycles. The zero-order valence-corrected chi connectivity index (χ0v) is 14.2. The fourth-order valence-electron chi connectivity index (χ4n) is 1.98. The number of hydrogen-bond acceptors (Lipinski definition) is 3. The molecule has 1 N–H and O–H groups in total. The Morgan fingerprint density at radius 2 is 1.57 bits per heavy atom. The molecule has 0 amide bonds. The van der Waals surface area contributed by atoms with Crippen LogP contribution in [0.5, 0.6) is 11.5 Å². The minimum absolute atomic E-state index is 0.316. The molecule has 1 aromatic carbocycles. The molecule has 0 aliphatic heterocycles. The summed E-state index contributed by atoms with van der Waals surface area (Å²) < 4.78 is 11.6. The van der Waals surface area contributed by atoms with E-state index in [1.165, 1.54) is 5.56 Å². The van der Waals surface area contributed by atoms with Crippen LogP contribution >= 0.6 is 0 Å². The molecule has 0 heterocycles. The van der Waals surface area contributed by atoms with Crippen LogP contribution in [0.3, 0.4) is 0 Å². The molecule has 1 unspecified atom stereocenters. The molecule has 1 atom stereocenters. The van der Waals surface area contributed by atoms with Crippen LogP contribution in [0, 0.1) is 5.92 Å². The van der Waals surface area contributed by atoms with E-state index in [1.54, 1.807) is 0 Å². The monoisotopic (exact) mass is 293 g/mol. The van der Waals surface area contributed by atoms with Crippen LogP contribution in [0.4, 0.5) is 0 Å². The van der Waals surface area contributed by atoms with Crippen molar-refractivity contribution in [1.29, 1.82) is 0 Å². The van der Waals surface area contributed by atoms with Gasteiger partial charge in [0.15, 0.2) is 11.5 Å². The highest BCUT2D eigenvalue weighted by Gasteiger charge is 2.11. The van der Waals surface area contributed by atoms with Gasteiger partial charge in [-0.25, -0.2) is 0 Å². The molecule has 0 aliphatic carbocycles. The maximum Gasteiger partial charge on any atom is 0.161 e. The van der Waals surface area contributed by atoms with Crippen molar-refractivity contribution in [1.82, 2.24) is 5.32 Å². The van der Waals surface area contributed by atoms with E-state index in [-0.39, 0.29) is 0 Å². The quantitative estimate of drug-likeness (QED) is 0.685. The van der Waals surface area contributed by atoms with Gasteiger partial charge in [-0.2, -0.15) is 0 Å². The Morgan fingerprint density at radius 1 is 0.952 bits per heavy atom. The molecule has 0 aliphatic rings. The lowest BCUT2D eigenvalue weighted by molar-refractivity contribution is 0.268. The van der Waals surface area contributed by atoms with Gasteiger partial charge in [-0.1, -0.05) is 33.8 Å². The topological polar surface area (TPSA) is 30.5 Å². The van der Waals surface area contributed by atoms with E-state index in [0.29, 0.717) is 12.0 Å². The first-order valence-electron chi connectivity index (χ1n) is 8.21. The maximum absolute atomic E-state index is 5.85. The van der Waals surface area contributed by atoms with Gasteiger partial charge in [0, 0.05) is 6.04 Å². The average Bonchev–Trinajstić information content (AvgIpc) is 2.48. The predicted molar refractivity (Wildman–Crippen MR) is 89.3 cm³/mol. The SMILES string of the molecule is CCCOc1ccc(C(C)NCC(C)C)cc1OCCC. The number of nitrogens with one attached hydrogen (secondary N) is 1. The molecule has 21 heavy (non-hydrogen) atoms. The highest BCUT2D eigenvalue weighted by Crippen LogP contribution is 2.31. The predicted octanol–water partition coefficient (Wildman–Crippen LogP) is 4.57. The third-order valence-corrected chi connectivity index (χ3v) is 3.22. The van der Waals surface area contributed by atoms with Crippen LogP contribution in [0.1, 0.15) is 59.1 Å².